The molecule has 0 aliphatic rings. The topological polar surface area (TPSA) is 20.2 Å². The number of benzene rings is 2. The van der Waals surface area contributed by atoms with Crippen molar-refractivity contribution in [3.05, 3.63) is 70.8 Å². The Balaban J connectivity index is 1.90. The molecule has 2 rings (SSSR count). The van der Waals surface area contributed by atoms with E-state index >= 15 is 0 Å². The highest BCUT2D eigenvalue weighted by Gasteiger charge is 2.08. The first-order chi connectivity index (χ1) is 9.52. The first kappa shape index (κ1) is 14.7. The maximum Gasteiger partial charge on any atom is 0.126 e. The Labute approximate surface area is 117 Å². The van der Waals surface area contributed by atoms with E-state index in [0.29, 0.717) is 12.0 Å². The van der Waals surface area contributed by atoms with E-state index in [0.717, 1.165) is 18.1 Å². The van der Waals surface area contributed by atoms with Gasteiger partial charge in [0.2, 0.25) is 0 Å². The molecule has 3 heteroatoms. The summed E-state index contributed by atoms with van der Waals surface area (Å²) in [5, 5.41) is 9.97. The third-order valence-electron chi connectivity index (χ3n) is 3.24. The second kappa shape index (κ2) is 6.62. The standard InChI is InChI=1S/C17H18F2O/c1-12-3-2-4-13(7-12)5-6-17(20)10-14-8-15(18)11-16(19)9-14/h2-4,7-9,11,17,20H,5-6,10H2,1H3. The summed E-state index contributed by atoms with van der Waals surface area (Å²) in [5.74, 6) is -1.21. The Hall–Kier alpha value is -1.74. The van der Waals surface area contributed by atoms with Crippen molar-refractivity contribution in [1.29, 1.82) is 0 Å². The van der Waals surface area contributed by atoms with E-state index in [2.05, 4.69) is 6.07 Å². The molecule has 0 saturated heterocycles. The molecule has 0 amide bonds. The summed E-state index contributed by atoms with van der Waals surface area (Å²) in [7, 11) is 0. The van der Waals surface area contributed by atoms with Crippen LogP contribution in [0.25, 0.3) is 0 Å². The molecule has 1 unspecified atom stereocenters. The van der Waals surface area contributed by atoms with Crippen molar-refractivity contribution in [1.82, 2.24) is 0 Å². The monoisotopic (exact) mass is 276 g/mol. The van der Waals surface area contributed by atoms with Gasteiger partial charge in [-0.05, 0) is 49.4 Å². The van der Waals surface area contributed by atoms with Gasteiger partial charge in [-0.1, -0.05) is 29.8 Å². The van der Waals surface area contributed by atoms with Crippen LogP contribution in [0.2, 0.25) is 0 Å². The Morgan fingerprint density at radius 2 is 1.70 bits per heavy atom. The van der Waals surface area contributed by atoms with Crippen LogP contribution in [-0.4, -0.2) is 11.2 Å². The molecule has 2 aromatic carbocycles. The fourth-order valence-corrected chi connectivity index (χ4v) is 2.30. The van der Waals surface area contributed by atoms with E-state index in [1.165, 1.54) is 17.7 Å². The number of rotatable bonds is 5. The van der Waals surface area contributed by atoms with E-state index in [1.54, 1.807) is 0 Å². The Morgan fingerprint density at radius 1 is 1.00 bits per heavy atom. The number of aliphatic hydroxyl groups is 1. The van der Waals surface area contributed by atoms with Crippen LogP contribution in [0, 0.1) is 18.6 Å². The Kier molecular flexibility index (Phi) is 4.85. The minimum absolute atomic E-state index is 0.264. The van der Waals surface area contributed by atoms with Crippen LogP contribution in [0.5, 0.6) is 0 Å². The summed E-state index contributed by atoms with van der Waals surface area (Å²) in [6, 6.07) is 11.5. The number of aliphatic hydroxyl groups excluding tert-OH is 1. The van der Waals surface area contributed by atoms with Crippen molar-refractivity contribution in [2.45, 2.75) is 32.3 Å². The van der Waals surface area contributed by atoms with Gasteiger partial charge in [-0.25, -0.2) is 8.78 Å². The second-order valence-corrected chi connectivity index (χ2v) is 5.16. The zero-order valence-electron chi connectivity index (χ0n) is 11.4. The van der Waals surface area contributed by atoms with Crippen molar-refractivity contribution in [3.8, 4) is 0 Å². The minimum atomic E-state index is -0.606. The van der Waals surface area contributed by atoms with Gasteiger partial charge in [0, 0.05) is 6.07 Å². The predicted octanol–water partition coefficient (Wildman–Crippen LogP) is 3.81. The van der Waals surface area contributed by atoms with Crippen molar-refractivity contribution < 1.29 is 13.9 Å². The molecule has 1 N–H and O–H groups in total. The molecule has 0 saturated carbocycles. The third-order valence-corrected chi connectivity index (χ3v) is 3.24. The number of aryl methyl sites for hydroxylation is 2. The molecule has 0 bridgehead atoms. The van der Waals surface area contributed by atoms with Gasteiger partial charge in [0.25, 0.3) is 0 Å². The van der Waals surface area contributed by atoms with E-state index < -0.39 is 17.7 Å². The van der Waals surface area contributed by atoms with Crippen molar-refractivity contribution in [2.24, 2.45) is 0 Å². The summed E-state index contributed by atoms with van der Waals surface area (Å²) in [5.41, 5.74) is 2.83. The Bertz CT molecular complexity index is 561. The first-order valence-electron chi connectivity index (χ1n) is 6.71. The number of hydrogen-bond donors (Lipinski definition) is 1. The van der Waals surface area contributed by atoms with E-state index in [9.17, 15) is 13.9 Å². The van der Waals surface area contributed by atoms with E-state index in [4.69, 9.17) is 0 Å². The quantitative estimate of drug-likeness (QED) is 0.880. The predicted molar refractivity (Wildman–Crippen MR) is 75.6 cm³/mol. The summed E-state index contributed by atoms with van der Waals surface area (Å²) in [4.78, 5) is 0. The van der Waals surface area contributed by atoms with Crippen LogP contribution in [0.4, 0.5) is 8.78 Å². The van der Waals surface area contributed by atoms with E-state index in [-0.39, 0.29) is 6.42 Å². The SMILES string of the molecule is Cc1cccc(CCC(O)Cc2cc(F)cc(F)c2)c1. The first-order valence-corrected chi connectivity index (χ1v) is 6.71. The van der Waals surface area contributed by atoms with Gasteiger partial charge in [-0.15, -0.1) is 0 Å². The summed E-state index contributed by atoms with van der Waals surface area (Å²) < 4.78 is 26.1. The molecule has 1 atom stereocenters. The zero-order chi connectivity index (χ0) is 14.5. The molecule has 2 aromatic rings. The van der Waals surface area contributed by atoms with Gasteiger partial charge < -0.3 is 5.11 Å². The van der Waals surface area contributed by atoms with Gasteiger partial charge in [0.05, 0.1) is 6.10 Å². The molecule has 1 nitrogen and oxygen atoms in total. The van der Waals surface area contributed by atoms with Gasteiger partial charge in [0.1, 0.15) is 11.6 Å². The molecule has 0 fully saturated rings. The number of halogens is 2. The molecule has 0 aromatic heterocycles. The summed E-state index contributed by atoms with van der Waals surface area (Å²) in [6.45, 7) is 2.02. The molecule has 0 radical (unpaired) electrons. The maximum absolute atomic E-state index is 13.1. The minimum Gasteiger partial charge on any atom is -0.393 e. The van der Waals surface area contributed by atoms with Crippen LogP contribution in [-0.2, 0) is 12.8 Å². The van der Waals surface area contributed by atoms with Crippen LogP contribution in [0.1, 0.15) is 23.1 Å². The summed E-state index contributed by atoms with van der Waals surface area (Å²) in [6.07, 6.45) is 0.986. The average molecular weight is 276 g/mol. The highest BCUT2D eigenvalue weighted by Crippen LogP contribution is 2.14. The molecular weight excluding hydrogens is 258 g/mol. The third kappa shape index (κ3) is 4.42. The zero-order valence-corrected chi connectivity index (χ0v) is 11.4. The molecule has 0 aliphatic carbocycles. The fourth-order valence-electron chi connectivity index (χ4n) is 2.30. The lowest BCUT2D eigenvalue weighted by molar-refractivity contribution is 0.165. The fraction of sp³-hybridized carbons (Fsp3) is 0.294. The summed E-state index contributed by atoms with van der Waals surface area (Å²) >= 11 is 0. The largest absolute Gasteiger partial charge is 0.393 e. The van der Waals surface area contributed by atoms with Crippen LogP contribution < -0.4 is 0 Å². The van der Waals surface area contributed by atoms with Crippen molar-refractivity contribution >= 4 is 0 Å². The smallest absolute Gasteiger partial charge is 0.126 e. The van der Waals surface area contributed by atoms with Crippen LogP contribution >= 0.6 is 0 Å². The Morgan fingerprint density at radius 3 is 2.35 bits per heavy atom. The highest BCUT2D eigenvalue weighted by atomic mass is 19.1. The van der Waals surface area contributed by atoms with Gasteiger partial charge in [-0.2, -0.15) is 0 Å². The molecule has 20 heavy (non-hydrogen) atoms. The van der Waals surface area contributed by atoms with Crippen molar-refractivity contribution in [2.75, 3.05) is 0 Å². The molecule has 106 valence electrons. The lowest BCUT2D eigenvalue weighted by Crippen LogP contribution is -2.12. The van der Waals surface area contributed by atoms with Gasteiger partial charge in [-0.3, -0.25) is 0 Å². The van der Waals surface area contributed by atoms with E-state index in [1.807, 2.05) is 25.1 Å². The highest BCUT2D eigenvalue weighted by molar-refractivity contribution is 5.22. The normalized spacial score (nSPS) is 12.4. The van der Waals surface area contributed by atoms with Crippen LogP contribution in [0.3, 0.4) is 0 Å². The van der Waals surface area contributed by atoms with Gasteiger partial charge in [0.15, 0.2) is 0 Å². The maximum atomic E-state index is 13.1. The molecule has 0 spiro atoms. The average Bonchev–Trinajstić information content (AvgIpc) is 2.35. The van der Waals surface area contributed by atoms with Crippen molar-refractivity contribution in [3.63, 3.8) is 0 Å². The lowest BCUT2D eigenvalue weighted by atomic mass is 10.0. The van der Waals surface area contributed by atoms with Gasteiger partial charge >= 0.3 is 0 Å². The molecular formula is C17H18F2O. The molecule has 0 aliphatic heterocycles. The second-order valence-electron chi connectivity index (χ2n) is 5.16. The molecule has 0 heterocycles. The van der Waals surface area contributed by atoms with Crippen LogP contribution in [0.15, 0.2) is 42.5 Å². The number of hydrogen-bond acceptors (Lipinski definition) is 1. The lowest BCUT2D eigenvalue weighted by Gasteiger charge is -2.11.